The Hall–Kier alpha value is -3.22. The normalized spacial score (nSPS) is 17.4. The summed E-state index contributed by atoms with van der Waals surface area (Å²) in [4.78, 5) is 23.3. The quantitative estimate of drug-likeness (QED) is 0.712. The van der Waals surface area contributed by atoms with Gasteiger partial charge in [-0.2, -0.15) is 4.98 Å². The van der Waals surface area contributed by atoms with E-state index in [0.29, 0.717) is 5.95 Å². The third kappa shape index (κ3) is 3.24. The standard InChI is InChI=1S/C21H23N7/c1-13(15-5-6-17-18(9-15)25-12-24-17)28(2)21-22-8-7-19(27-21)26-20-10-16(11-23-20)14-3-4-14/h5-10,12-14H,3-4,11H2,1-2H3,(H,24,25)(H,22,23,26,27)/t13-/m1/s1. The Morgan fingerprint density at radius 1 is 1.21 bits per heavy atom. The fourth-order valence-electron chi connectivity index (χ4n) is 3.55. The molecule has 0 spiro atoms. The number of benzene rings is 1. The van der Waals surface area contributed by atoms with Crippen molar-refractivity contribution in [3.63, 3.8) is 0 Å². The number of aliphatic imine (C=N–C) groups is 1. The van der Waals surface area contributed by atoms with Gasteiger partial charge in [0.25, 0.3) is 0 Å². The van der Waals surface area contributed by atoms with Crippen LogP contribution in [0.3, 0.4) is 0 Å². The zero-order chi connectivity index (χ0) is 19.1. The lowest BCUT2D eigenvalue weighted by Gasteiger charge is -2.25. The summed E-state index contributed by atoms with van der Waals surface area (Å²) in [6.07, 6.45) is 8.28. The first-order chi connectivity index (χ1) is 13.7. The van der Waals surface area contributed by atoms with E-state index < -0.39 is 0 Å². The van der Waals surface area contributed by atoms with Gasteiger partial charge in [-0.25, -0.2) is 9.97 Å². The fourth-order valence-corrected chi connectivity index (χ4v) is 3.55. The van der Waals surface area contributed by atoms with Crippen LogP contribution >= 0.6 is 0 Å². The molecule has 3 heterocycles. The molecule has 7 heteroatoms. The highest BCUT2D eigenvalue weighted by Crippen LogP contribution is 2.37. The van der Waals surface area contributed by atoms with Gasteiger partial charge in [0.1, 0.15) is 11.7 Å². The van der Waals surface area contributed by atoms with Gasteiger partial charge >= 0.3 is 0 Å². The lowest BCUT2D eigenvalue weighted by atomic mass is 10.1. The first-order valence-electron chi connectivity index (χ1n) is 9.68. The predicted octanol–water partition coefficient (Wildman–Crippen LogP) is 3.71. The van der Waals surface area contributed by atoms with Crippen molar-refractivity contribution in [2.75, 3.05) is 23.8 Å². The minimum absolute atomic E-state index is 0.119. The Morgan fingerprint density at radius 3 is 2.96 bits per heavy atom. The van der Waals surface area contributed by atoms with Crippen LogP contribution < -0.4 is 10.2 Å². The van der Waals surface area contributed by atoms with Crippen molar-refractivity contribution in [3.05, 3.63) is 54.0 Å². The highest BCUT2D eigenvalue weighted by Gasteiger charge is 2.28. The first-order valence-corrected chi connectivity index (χ1v) is 9.68. The van der Waals surface area contributed by atoms with Gasteiger partial charge in [0.15, 0.2) is 0 Å². The minimum atomic E-state index is 0.119. The Bertz CT molecular complexity index is 1080. The summed E-state index contributed by atoms with van der Waals surface area (Å²) in [5.74, 6) is 3.09. The first kappa shape index (κ1) is 16.9. The average Bonchev–Trinajstić information content (AvgIpc) is 3.28. The number of hydrogen-bond donors (Lipinski definition) is 2. The van der Waals surface area contributed by atoms with Crippen molar-refractivity contribution in [1.82, 2.24) is 19.9 Å². The summed E-state index contributed by atoms with van der Waals surface area (Å²) < 4.78 is 0. The molecule has 5 rings (SSSR count). The van der Waals surface area contributed by atoms with E-state index in [2.05, 4.69) is 55.3 Å². The summed E-state index contributed by atoms with van der Waals surface area (Å²) >= 11 is 0. The van der Waals surface area contributed by atoms with Crippen molar-refractivity contribution < 1.29 is 0 Å². The van der Waals surface area contributed by atoms with E-state index in [9.17, 15) is 0 Å². The third-order valence-corrected chi connectivity index (χ3v) is 5.58. The van der Waals surface area contributed by atoms with E-state index in [-0.39, 0.29) is 6.04 Å². The molecule has 1 aliphatic carbocycles. The minimum Gasteiger partial charge on any atom is -0.345 e. The molecular weight excluding hydrogens is 350 g/mol. The van der Waals surface area contributed by atoms with Crippen LogP contribution in [0.5, 0.6) is 0 Å². The van der Waals surface area contributed by atoms with E-state index in [0.717, 1.165) is 35.1 Å². The molecule has 1 fully saturated rings. The largest absolute Gasteiger partial charge is 0.345 e. The molecule has 0 radical (unpaired) electrons. The summed E-state index contributed by atoms with van der Waals surface area (Å²) in [5.41, 5.74) is 4.62. The SMILES string of the molecule is C[C@H](c1ccc2nc[nH]c2c1)N(C)c1nccc(NC2=NCC(C3CC3)=C2)n1. The molecule has 0 unspecified atom stereocenters. The van der Waals surface area contributed by atoms with E-state index >= 15 is 0 Å². The highest BCUT2D eigenvalue weighted by molar-refractivity contribution is 6.05. The lowest BCUT2D eigenvalue weighted by molar-refractivity contribution is 0.716. The number of fused-ring (bicyclic) bond motifs is 1. The lowest BCUT2D eigenvalue weighted by Crippen LogP contribution is -2.24. The molecule has 1 aliphatic heterocycles. The van der Waals surface area contributed by atoms with Crippen molar-refractivity contribution in [1.29, 1.82) is 0 Å². The molecule has 2 N–H and O–H groups in total. The Balaban J connectivity index is 1.33. The van der Waals surface area contributed by atoms with Crippen LogP contribution in [0, 0.1) is 5.92 Å². The van der Waals surface area contributed by atoms with Gasteiger partial charge in [0.05, 0.1) is 29.9 Å². The fraction of sp³-hybridized carbons (Fsp3) is 0.333. The summed E-state index contributed by atoms with van der Waals surface area (Å²) in [6, 6.07) is 8.26. The van der Waals surface area contributed by atoms with Crippen LogP contribution in [0.4, 0.5) is 11.8 Å². The maximum Gasteiger partial charge on any atom is 0.227 e. The zero-order valence-electron chi connectivity index (χ0n) is 16.1. The number of nitrogens with one attached hydrogen (secondary N) is 2. The smallest absolute Gasteiger partial charge is 0.227 e. The molecule has 7 nitrogen and oxygen atoms in total. The maximum absolute atomic E-state index is 4.69. The van der Waals surface area contributed by atoms with Crippen molar-refractivity contribution >= 4 is 28.6 Å². The van der Waals surface area contributed by atoms with Gasteiger partial charge < -0.3 is 15.2 Å². The number of imidazole rings is 1. The van der Waals surface area contributed by atoms with Crippen LogP contribution in [-0.2, 0) is 0 Å². The maximum atomic E-state index is 4.69. The van der Waals surface area contributed by atoms with Gasteiger partial charge in [0.2, 0.25) is 5.95 Å². The summed E-state index contributed by atoms with van der Waals surface area (Å²) in [7, 11) is 2.01. The van der Waals surface area contributed by atoms with Crippen LogP contribution in [0.2, 0.25) is 0 Å². The van der Waals surface area contributed by atoms with Crippen LogP contribution in [0.1, 0.15) is 31.4 Å². The summed E-state index contributed by atoms with van der Waals surface area (Å²) in [6.45, 7) is 2.96. The molecule has 0 bridgehead atoms. The molecule has 3 aromatic rings. The second-order valence-corrected chi connectivity index (χ2v) is 7.53. The molecule has 2 aliphatic rings. The zero-order valence-corrected chi connectivity index (χ0v) is 16.1. The Labute approximate surface area is 163 Å². The molecule has 0 amide bonds. The molecule has 2 aromatic heterocycles. The molecule has 28 heavy (non-hydrogen) atoms. The molecule has 1 aromatic carbocycles. The number of aromatic nitrogens is 4. The number of nitrogens with zero attached hydrogens (tertiary/aromatic N) is 5. The molecular formula is C21H23N7. The number of H-pyrrole nitrogens is 1. The van der Waals surface area contributed by atoms with Gasteiger partial charge in [-0.05, 0) is 61.1 Å². The molecule has 142 valence electrons. The second kappa shape index (κ2) is 6.74. The van der Waals surface area contributed by atoms with Gasteiger partial charge in [-0.1, -0.05) is 6.07 Å². The second-order valence-electron chi connectivity index (χ2n) is 7.53. The summed E-state index contributed by atoms with van der Waals surface area (Å²) in [5, 5.41) is 3.33. The molecule has 1 saturated carbocycles. The Kier molecular flexibility index (Phi) is 4.07. The van der Waals surface area contributed by atoms with Crippen molar-refractivity contribution in [2.24, 2.45) is 10.9 Å². The monoisotopic (exact) mass is 373 g/mol. The molecule has 1 atom stereocenters. The van der Waals surface area contributed by atoms with E-state index in [4.69, 9.17) is 4.98 Å². The molecule has 0 saturated heterocycles. The van der Waals surface area contributed by atoms with E-state index in [1.165, 1.54) is 24.0 Å². The van der Waals surface area contributed by atoms with Crippen LogP contribution in [0.15, 0.2) is 53.4 Å². The van der Waals surface area contributed by atoms with Gasteiger partial charge in [0, 0.05) is 13.2 Å². The number of amidine groups is 1. The van der Waals surface area contributed by atoms with Crippen molar-refractivity contribution in [3.8, 4) is 0 Å². The van der Waals surface area contributed by atoms with Crippen LogP contribution in [0.25, 0.3) is 11.0 Å². The third-order valence-electron chi connectivity index (χ3n) is 5.58. The van der Waals surface area contributed by atoms with Gasteiger partial charge in [-0.3, -0.25) is 4.99 Å². The number of anilines is 2. The van der Waals surface area contributed by atoms with Crippen LogP contribution in [-0.4, -0.2) is 39.4 Å². The van der Waals surface area contributed by atoms with Gasteiger partial charge in [-0.15, -0.1) is 0 Å². The Morgan fingerprint density at radius 2 is 2.11 bits per heavy atom. The topological polar surface area (TPSA) is 82.1 Å². The average molecular weight is 373 g/mol. The highest BCUT2D eigenvalue weighted by atomic mass is 15.3. The predicted molar refractivity (Wildman–Crippen MR) is 112 cm³/mol. The number of aromatic amines is 1. The number of rotatable bonds is 5. The number of hydrogen-bond acceptors (Lipinski definition) is 6. The van der Waals surface area contributed by atoms with E-state index in [1.807, 2.05) is 19.2 Å². The van der Waals surface area contributed by atoms with Crippen molar-refractivity contribution in [2.45, 2.75) is 25.8 Å². The van der Waals surface area contributed by atoms with E-state index in [1.54, 1.807) is 12.5 Å².